The minimum Gasteiger partial charge on any atom is -0.342 e. The summed E-state index contributed by atoms with van der Waals surface area (Å²) in [5.41, 5.74) is 1.26. The van der Waals surface area contributed by atoms with Crippen LogP contribution in [0.15, 0.2) is 6.33 Å². The number of nitrogens with zero attached hydrogens (tertiary/aromatic N) is 4. The smallest absolute Gasteiger partial charge is 0.226 e. The number of amides is 1. The van der Waals surface area contributed by atoms with E-state index >= 15 is 0 Å². The van der Waals surface area contributed by atoms with Gasteiger partial charge >= 0.3 is 0 Å². The molecule has 5 nitrogen and oxygen atoms in total. The molecule has 2 aromatic heterocycles. The molecule has 2 aromatic rings. The minimum absolute atomic E-state index is 0.100. The van der Waals surface area contributed by atoms with E-state index in [2.05, 4.69) is 33.9 Å². The van der Waals surface area contributed by atoms with Gasteiger partial charge in [-0.15, -0.1) is 11.3 Å². The Kier molecular flexibility index (Phi) is 4.69. The quantitative estimate of drug-likeness (QED) is 0.754. The number of carbonyl (C=O) groups is 1. The average Bonchev–Trinajstić information content (AvgIpc) is 3.00. The number of hydrogen-bond donors (Lipinski definition) is 0. The van der Waals surface area contributed by atoms with Crippen LogP contribution < -0.4 is 0 Å². The highest BCUT2D eigenvalue weighted by molar-refractivity contribution is 7.19. The summed E-state index contributed by atoms with van der Waals surface area (Å²) < 4.78 is 0. The molecule has 0 bridgehead atoms. The molecule has 0 unspecified atom stereocenters. The molecule has 0 spiro atoms. The molecule has 7 heteroatoms. The first-order valence-corrected chi connectivity index (χ1v) is 10.1. The first-order valence-electron chi connectivity index (χ1n) is 8.90. The van der Waals surface area contributed by atoms with Gasteiger partial charge < -0.3 is 9.80 Å². The lowest BCUT2D eigenvalue weighted by molar-refractivity contribution is -0.137. The van der Waals surface area contributed by atoms with Gasteiger partial charge in [-0.2, -0.15) is 0 Å². The third-order valence-electron chi connectivity index (χ3n) is 5.65. The van der Waals surface area contributed by atoms with Crippen LogP contribution >= 0.6 is 22.9 Å². The number of thiophene rings is 1. The molecule has 2 aliphatic rings. The van der Waals surface area contributed by atoms with Gasteiger partial charge in [-0.3, -0.25) is 4.79 Å². The number of aromatic nitrogens is 2. The van der Waals surface area contributed by atoms with Gasteiger partial charge in [0, 0.05) is 29.9 Å². The predicted molar refractivity (Wildman–Crippen MR) is 101 cm³/mol. The minimum atomic E-state index is 0.100. The summed E-state index contributed by atoms with van der Waals surface area (Å²) in [4.78, 5) is 28.0. The summed E-state index contributed by atoms with van der Waals surface area (Å²) in [5, 5.41) is 1.54. The van der Waals surface area contributed by atoms with Crippen molar-refractivity contribution in [1.82, 2.24) is 19.8 Å². The lowest BCUT2D eigenvalue weighted by atomic mass is 9.86. The van der Waals surface area contributed by atoms with Crippen molar-refractivity contribution < 1.29 is 4.79 Å². The maximum Gasteiger partial charge on any atom is 0.226 e. The van der Waals surface area contributed by atoms with Crippen molar-refractivity contribution in [3.8, 4) is 0 Å². The maximum absolute atomic E-state index is 13.0. The van der Waals surface area contributed by atoms with Crippen molar-refractivity contribution in [2.24, 2.45) is 5.92 Å². The highest BCUT2D eigenvalue weighted by Gasteiger charge is 2.33. The van der Waals surface area contributed by atoms with Gasteiger partial charge in [-0.1, -0.05) is 11.6 Å². The second-order valence-electron chi connectivity index (χ2n) is 7.31. The molecule has 1 aliphatic heterocycles. The van der Waals surface area contributed by atoms with Crippen molar-refractivity contribution in [2.75, 3.05) is 27.2 Å². The molecule has 3 heterocycles. The summed E-state index contributed by atoms with van der Waals surface area (Å²) >= 11 is 7.94. The number of carbonyl (C=O) groups excluding carboxylic acids is 1. The summed E-state index contributed by atoms with van der Waals surface area (Å²) in [6.45, 7) is 1.77. The molecule has 1 aliphatic carbocycles. The molecule has 4 rings (SSSR count). The van der Waals surface area contributed by atoms with Crippen molar-refractivity contribution in [3.05, 3.63) is 21.9 Å². The first-order chi connectivity index (χ1) is 12.0. The fraction of sp³-hybridized carbons (Fsp3) is 0.611. The van der Waals surface area contributed by atoms with Gasteiger partial charge in [0.05, 0.1) is 5.39 Å². The molecule has 0 saturated carbocycles. The van der Waals surface area contributed by atoms with Gasteiger partial charge in [-0.05, 0) is 51.8 Å². The van der Waals surface area contributed by atoms with E-state index in [0.29, 0.717) is 17.1 Å². The number of hydrogen-bond acceptors (Lipinski definition) is 5. The fourth-order valence-corrected chi connectivity index (χ4v) is 5.71. The molecule has 1 amide bonds. The third kappa shape index (κ3) is 3.15. The number of likely N-dealkylation sites (tertiary alicyclic amines) is 1. The molecule has 1 saturated heterocycles. The SMILES string of the molecule is CN(C)C1CCN(C(=O)[C@H]2CCc3c(sc4ncnc(Cl)c34)C2)CC1. The Labute approximate surface area is 157 Å². The Balaban J connectivity index is 1.48. The number of rotatable bonds is 2. The Morgan fingerprint density at radius 3 is 2.76 bits per heavy atom. The molecule has 1 atom stereocenters. The highest BCUT2D eigenvalue weighted by atomic mass is 35.5. The van der Waals surface area contributed by atoms with Crippen LogP contribution in [0.1, 0.15) is 29.7 Å². The molecule has 0 N–H and O–H groups in total. The topological polar surface area (TPSA) is 49.3 Å². The van der Waals surface area contributed by atoms with E-state index in [4.69, 9.17) is 11.6 Å². The second kappa shape index (κ2) is 6.82. The molecule has 1 fully saturated rings. The Morgan fingerprint density at radius 2 is 2.04 bits per heavy atom. The van der Waals surface area contributed by atoms with E-state index in [1.165, 1.54) is 16.8 Å². The predicted octanol–water partition coefficient (Wildman–Crippen LogP) is 3.00. The average molecular weight is 379 g/mol. The standard InChI is InChI=1S/C18H23ClN4OS/c1-22(2)12-5-7-23(8-6-12)18(24)11-3-4-13-14(9-11)25-17-15(13)16(19)20-10-21-17/h10-12H,3-9H2,1-2H3/t11-/m0/s1. The van der Waals surface area contributed by atoms with Crippen LogP contribution in [-0.2, 0) is 17.6 Å². The summed E-state index contributed by atoms with van der Waals surface area (Å²) in [5.74, 6) is 0.431. The van der Waals surface area contributed by atoms with Crippen LogP contribution in [0, 0.1) is 5.92 Å². The normalized spacial score (nSPS) is 21.8. The molecule has 134 valence electrons. The Hall–Kier alpha value is -1.24. The molecule has 25 heavy (non-hydrogen) atoms. The van der Waals surface area contributed by atoms with Crippen LogP contribution in [-0.4, -0.2) is 58.9 Å². The van der Waals surface area contributed by atoms with Crippen molar-refractivity contribution >= 4 is 39.1 Å². The van der Waals surface area contributed by atoms with Gasteiger partial charge in [-0.25, -0.2) is 9.97 Å². The zero-order valence-corrected chi connectivity index (χ0v) is 16.2. The Morgan fingerprint density at radius 1 is 1.28 bits per heavy atom. The zero-order chi connectivity index (χ0) is 17.6. The summed E-state index contributed by atoms with van der Waals surface area (Å²) in [6, 6.07) is 0.602. The lowest BCUT2D eigenvalue weighted by Crippen LogP contribution is -2.47. The van der Waals surface area contributed by atoms with E-state index in [1.54, 1.807) is 11.3 Å². The highest BCUT2D eigenvalue weighted by Crippen LogP contribution is 2.40. The monoisotopic (exact) mass is 378 g/mol. The van der Waals surface area contributed by atoms with E-state index in [1.807, 2.05) is 0 Å². The first kappa shape index (κ1) is 17.2. The van der Waals surface area contributed by atoms with Crippen LogP contribution in [0.2, 0.25) is 5.15 Å². The van der Waals surface area contributed by atoms with Crippen molar-refractivity contribution in [1.29, 1.82) is 0 Å². The van der Waals surface area contributed by atoms with E-state index in [-0.39, 0.29) is 5.92 Å². The largest absolute Gasteiger partial charge is 0.342 e. The third-order valence-corrected chi connectivity index (χ3v) is 7.10. The number of aryl methyl sites for hydroxylation is 1. The molecule has 0 radical (unpaired) electrons. The van der Waals surface area contributed by atoms with E-state index in [0.717, 1.165) is 55.4 Å². The van der Waals surface area contributed by atoms with Gasteiger partial charge in [0.2, 0.25) is 5.91 Å². The number of fused-ring (bicyclic) bond motifs is 3. The molecular weight excluding hydrogens is 356 g/mol. The Bertz CT molecular complexity index is 798. The second-order valence-corrected chi connectivity index (χ2v) is 8.75. The van der Waals surface area contributed by atoms with E-state index in [9.17, 15) is 4.79 Å². The van der Waals surface area contributed by atoms with Gasteiger partial charge in [0.15, 0.2) is 0 Å². The van der Waals surface area contributed by atoms with Gasteiger partial charge in [0.1, 0.15) is 16.3 Å². The van der Waals surface area contributed by atoms with Crippen LogP contribution in [0.4, 0.5) is 0 Å². The maximum atomic E-state index is 13.0. The van der Waals surface area contributed by atoms with E-state index < -0.39 is 0 Å². The van der Waals surface area contributed by atoms with Gasteiger partial charge in [0.25, 0.3) is 0 Å². The fourth-order valence-electron chi connectivity index (χ4n) is 4.14. The number of piperidine rings is 1. The van der Waals surface area contributed by atoms with Crippen molar-refractivity contribution in [3.63, 3.8) is 0 Å². The van der Waals surface area contributed by atoms with Crippen LogP contribution in [0.3, 0.4) is 0 Å². The molecular formula is C18H23ClN4OS. The summed E-state index contributed by atoms with van der Waals surface area (Å²) in [6.07, 6.45) is 6.28. The zero-order valence-electron chi connectivity index (χ0n) is 14.7. The number of halogens is 1. The molecule has 0 aromatic carbocycles. The van der Waals surface area contributed by atoms with Crippen LogP contribution in [0.25, 0.3) is 10.2 Å². The van der Waals surface area contributed by atoms with Crippen molar-refractivity contribution in [2.45, 2.75) is 38.1 Å². The lowest BCUT2D eigenvalue weighted by Gasteiger charge is -2.37. The van der Waals surface area contributed by atoms with Crippen LogP contribution in [0.5, 0.6) is 0 Å². The summed E-state index contributed by atoms with van der Waals surface area (Å²) in [7, 11) is 4.25.